The fourth-order valence-corrected chi connectivity index (χ4v) is 1.03. The molecule has 0 saturated heterocycles. The van der Waals surface area contributed by atoms with Crippen molar-refractivity contribution in [2.75, 3.05) is 0 Å². The molecule has 0 atom stereocenters. The van der Waals surface area contributed by atoms with E-state index >= 15 is 0 Å². The molecular formula is C18H15Pt-3. The molecular weight excluding hydrogens is 411 g/mol. The minimum Gasteiger partial charge on any atom is -0.184 e. The summed E-state index contributed by atoms with van der Waals surface area (Å²) in [7, 11) is 0. The Morgan fingerprint density at radius 3 is 0.579 bits per heavy atom. The van der Waals surface area contributed by atoms with Gasteiger partial charge in [0.1, 0.15) is 0 Å². The Hall–Kier alpha value is -1.65. The van der Waals surface area contributed by atoms with E-state index in [0.717, 1.165) is 0 Å². The summed E-state index contributed by atoms with van der Waals surface area (Å²) in [5.74, 6) is 0. The summed E-state index contributed by atoms with van der Waals surface area (Å²) >= 11 is 0. The SMILES string of the molecule is [Pt].[c-]1ccccc1.[c-]1ccccc1.[c-]1ccccc1. The average Bonchev–Trinajstić information content (AvgIpc) is 2.54. The van der Waals surface area contributed by atoms with Crippen molar-refractivity contribution in [3.63, 3.8) is 0 Å². The smallest absolute Gasteiger partial charge is 0 e. The third-order valence-corrected chi connectivity index (χ3v) is 1.82. The zero-order chi connectivity index (χ0) is 12.7. The molecule has 0 aliphatic heterocycles. The molecule has 0 radical (unpaired) electrons. The molecule has 3 rings (SSSR count). The largest absolute Gasteiger partial charge is 0.184 e. The van der Waals surface area contributed by atoms with Crippen LogP contribution in [0.25, 0.3) is 0 Å². The summed E-state index contributed by atoms with van der Waals surface area (Å²) in [6, 6.07) is 37.5. The Kier molecular flexibility index (Phi) is 13.2. The van der Waals surface area contributed by atoms with E-state index in [-0.39, 0.29) is 21.1 Å². The summed E-state index contributed by atoms with van der Waals surface area (Å²) in [5.41, 5.74) is 0. The van der Waals surface area contributed by atoms with Gasteiger partial charge in [0.05, 0.1) is 0 Å². The first kappa shape index (κ1) is 17.3. The van der Waals surface area contributed by atoms with Crippen molar-refractivity contribution in [1.82, 2.24) is 0 Å². The van der Waals surface area contributed by atoms with Crippen LogP contribution < -0.4 is 0 Å². The molecule has 0 saturated carbocycles. The first-order valence-corrected chi connectivity index (χ1v) is 5.73. The second-order valence-electron chi connectivity index (χ2n) is 3.23. The van der Waals surface area contributed by atoms with Gasteiger partial charge in [-0.05, 0) is 0 Å². The van der Waals surface area contributed by atoms with Crippen LogP contribution in [0, 0.1) is 18.2 Å². The first-order chi connectivity index (χ1) is 9.00. The quantitative estimate of drug-likeness (QED) is 0.466. The van der Waals surface area contributed by atoms with Gasteiger partial charge in [-0.25, -0.2) is 0 Å². The van der Waals surface area contributed by atoms with Crippen LogP contribution >= 0.6 is 0 Å². The summed E-state index contributed by atoms with van der Waals surface area (Å²) in [6.07, 6.45) is 0. The topological polar surface area (TPSA) is 0 Å². The van der Waals surface area contributed by atoms with Crippen LogP contribution in [0.3, 0.4) is 0 Å². The van der Waals surface area contributed by atoms with E-state index in [0.29, 0.717) is 0 Å². The van der Waals surface area contributed by atoms with Crippen molar-refractivity contribution in [3.05, 3.63) is 109 Å². The zero-order valence-corrected chi connectivity index (χ0v) is 12.7. The van der Waals surface area contributed by atoms with Crippen molar-refractivity contribution in [2.24, 2.45) is 0 Å². The molecule has 19 heavy (non-hydrogen) atoms. The monoisotopic (exact) mass is 426 g/mol. The van der Waals surface area contributed by atoms with E-state index in [9.17, 15) is 0 Å². The average molecular weight is 426 g/mol. The zero-order valence-electron chi connectivity index (χ0n) is 10.5. The fraction of sp³-hybridized carbons (Fsp3) is 0. The molecule has 0 nitrogen and oxygen atoms in total. The molecule has 100 valence electrons. The second-order valence-corrected chi connectivity index (χ2v) is 3.23. The van der Waals surface area contributed by atoms with Crippen molar-refractivity contribution in [1.29, 1.82) is 0 Å². The standard InChI is InChI=1S/3C6H5.Pt/c3*1-2-4-6-5-3-1;/h3*1-5H;/q3*-1;. The van der Waals surface area contributed by atoms with Gasteiger partial charge in [0, 0.05) is 21.1 Å². The summed E-state index contributed by atoms with van der Waals surface area (Å²) in [4.78, 5) is 0. The Morgan fingerprint density at radius 1 is 0.316 bits per heavy atom. The maximum Gasteiger partial charge on any atom is 0 e. The van der Waals surface area contributed by atoms with Crippen LogP contribution in [-0.4, -0.2) is 0 Å². The molecule has 0 unspecified atom stereocenters. The van der Waals surface area contributed by atoms with Gasteiger partial charge in [-0.15, -0.1) is 0 Å². The fourth-order valence-electron chi connectivity index (χ4n) is 1.03. The predicted molar refractivity (Wildman–Crippen MR) is 75.8 cm³/mol. The van der Waals surface area contributed by atoms with Crippen LogP contribution in [-0.2, 0) is 21.1 Å². The molecule has 0 heterocycles. The summed E-state index contributed by atoms with van der Waals surface area (Å²) in [5, 5.41) is 0. The van der Waals surface area contributed by atoms with Gasteiger partial charge in [0.15, 0.2) is 0 Å². The summed E-state index contributed by atoms with van der Waals surface area (Å²) in [6.45, 7) is 0. The Morgan fingerprint density at radius 2 is 0.526 bits per heavy atom. The Bertz CT molecular complexity index is 296. The van der Waals surface area contributed by atoms with E-state index < -0.39 is 0 Å². The van der Waals surface area contributed by atoms with Crippen molar-refractivity contribution in [3.8, 4) is 0 Å². The molecule has 0 amide bonds. The van der Waals surface area contributed by atoms with Crippen LogP contribution in [0.1, 0.15) is 0 Å². The predicted octanol–water partition coefficient (Wildman–Crippen LogP) is 4.46. The van der Waals surface area contributed by atoms with Gasteiger partial charge < -0.3 is 0 Å². The maximum atomic E-state index is 2.89. The van der Waals surface area contributed by atoms with Gasteiger partial charge in [-0.3, -0.25) is 0 Å². The van der Waals surface area contributed by atoms with Gasteiger partial charge in [0.2, 0.25) is 0 Å². The van der Waals surface area contributed by atoms with E-state index in [1.165, 1.54) is 0 Å². The summed E-state index contributed by atoms with van der Waals surface area (Å²) < 4.78 is 0. The molecule has 0 bridgehead atoms. The molecule has 0 aliphatic rings. The minimum atomic E-state index is 0. The number of benzene rings is 3. The van der Waals surface area contributed by atoms with Crippen molar-refractivity contribution >= 4 is 0 Å². The molecule has 1 heteroatoms. The van der Waals surface area contributed by atoms with Crippen LogP contribution in [0.15, 0.2) is 91.0 Å². The van der Waals surface area contributed by atoms with Gasteiger partial charge in [-0.1, -0.05) is 0 Å². The Balaban J connectivity index is 0.000000249. The van der Waals surface area contributed by atoms with E-state index in [2.05, 4.69) is 18.2 Å². The Labute approximate surface area is 130 Å². The van der Waals surface area contributed by atoms with Gasteiger partial charge in [0.25, 0.3) is 0 Å². The molecule has 0 aromatic heterocycles. The molecule has 3 aromatic carbocycles. The van der Waals surface area contributed by atoms with Crippen LogP contribution in [0.2, 0.25) is 0 Å². The van der Waals surface area contributed by atoms with Crippen LogP contribution in [0.4, 0.5) is 0 Å². The molecule has 3 aromatic rings. The number of hydrogen-bond donors (Lipinski definition) is 0. The second kappa shape index (κ2) is 14.4. The molecule has 0 N–H and O–H groups in total. The van der Waals surface area contributed by atoms with Crippen LogP contribution in [0.5, 0.6) is 0 Å². The van der Waals surface area contributed by atoms with E-state index in [4.69, 9.17) is 0 Å². The third-order valence-electron chi connectivity index (χ3n) is 1.82. The van der Waals surface area contributed by atoms with E-state index in [1.54, 1.807) is 0 Å². The first-order valence-electron chi connectivity index (χ1n) is 5.73. The number of rotatable bonds is 0. The number of hydrogen-bond acceptors (Lipinski definition) is 0. The third kappa shape index (κ3) is 12.6. The van der Waals surface area contributed by atoms with E-state index in [1.807, 2.05) is 91.0 Å². The maximum absolute atomic E-state index is 2.89. The molecule has 0 fully saturated rings. The van der Waals surface area contributed by atoms with Crippen molar-refractivity contribution in [2.45, 2.75) is 0 Å². The van der Waals surface area contributed by atoms with Crippen molar-refractivity contribution < 1.29 is 21.1 Å². The molecule has 0 spiro atoms. The molecule has 0 aliphatic carbocycles. The minimum absolute atomic E-state index is 0. The van der Waals surface area contributed by atoms with Gasteiger partial charge in [-0.2, -0.15) is 109 Å². The normalized spacial score (nSPS) is 7.58. The van der Waals surface area contributed by atoms with Gasteiger partial charge >= 0.3 is 0 Å².